The van der Waals surface area contributed by atoms with Crippen molar-refractivity contribution in [2.45, 2.75) is 97.8 Å². The van der Waals surface area contributed by atoms with Crippen molar-refractivity contribution < 1.29 is 19.1 Å². The predicted molar refractivity (Wildman–Crippen MR) is 122 cm³/mol. The Morgan fingerprint density at radius 3 is 1.73 bits per heavy atom. The molecular formula is C26H42O4. The molecule has 0 saturated carbocycles. The topological polar surface area (TPSA) is 52.6 Å². The minimum Gasteiger partial charge on any atom is -0.465 e. The lowest BCUT2D eigenvalue weighted by molar-refractivity contribution is -0.173. The predicted octanol–water partition coefficient (Wildman–Crippen LogP) is 6.65. The molecule has 0 aliphatic rings. The third kappa shape index (κ3) is 9.32. The fraction of sp³-hybridized carbons (Fsp3) is 0.692. The van der Waals surface area contributed by atoms with Crippen LogP contribution < -0.4 is 0 Å². The summed E-state index contributed by atoms with van der Waals surface area (Å²) in [6, 6.07) is 9.88. The van der Waals surface area contributed by atoms with Crippen LogP contribution in [0.2, 0.25) is 0 Å². The molecule has 170 valence electrons. The molecule has 4 heteroatoms. The lowest BCUT2D eigenvalue weighted by Gasteiger charge is -2.27. The maximum atomic E-state index is 12.7. The molecule has 30 heavy (non-hydrogen) atoms. The molecule has 1 aromatic rings. The molecule has 0 unspecified atom stereocenters. The monoisotopic (exact) mass is 418 g/mol. The number of unbranched alkanes of at least 4 members (excludes halogenated alkanes) is 8. The Labute approximate surface area is 183 Å². The molecule has 0 aliphatic carbocycles. The molecule has 1 rings (SSSR count). The van der Waals surface area contributed by atoms with E-state index >= 15 is 0 Å². The van der Waals surface area contributed by atoms with Crippen LogP contribution in [0.1, 0.15) is 97.0 Å². The van der Waals surface area contributed by atoms with Crippen molar-refractivity contribution in [3.8, 4) is 0 Å². The van der Waals surface area contributed by atoms with E-state index < -0.39 is 17.4 Å². The summed E-state index contributed by atoms with van der Waals surface area (Å²) in [5.74, 6) is -0.891. The summed E-state index contributed by atoms with van der Waals surface area (Å²) >= 11 is 0. The Hall–Kier alpha value is -1.84. The zero-order valence-corrected chi connectivity index (χ0v) is 19.4. The zero-order chi connectivity index (χ0) is 22.1. The van der Waals surface area contributed by atoms with Gasteiger partial charge in [0.15, 0.2) is 5.41 Å². The van der Waals surface area contributed by atoms with Gasteiger partial charge in [0.1, 0.15) is 0 Å². The smallest absolute Gasteiger partial charge is 0.323 e. The van der Waals surface area contributed by atoms with Crippen LogP contribution in [0.15, 0.2) is 30.3 Å². The average Bonchev–Trinajstić information content (AvgIpc) is 2.77. The summed E-state index contributed by atoms with van der Waals surface area (Å²) in [7, 11) is 0. The van der Waals surface area contributed by atoms with Crippen LogP contribution in [0.3, 0.4) is 0 Å². The van der Waals surface area contributed by atoms with Gasteiger partial charge in [0.2, 0.25) is 0 Å². The van der Waals surface area contributed by atoms with E-state index in [9.17, 15) is 9.59 Å². The van der Waals surface area contributed by atoms with Gasteiger partial charge >= 0.3 is 11.9 Å². The van der Waals surface area contributed by atoms with E-state index in [1.54, 1.807) is 0 Å². The van der Waals surface area contributed by atoms with E-state index in [-0.39, 0.29) is 6.61 Å². The summed E-state index contributed by atoms with van der Waals surface area (Å²) in [4.78, 5) is 25.4. The van der Waals surface area contributed by atoms with Gasteiger partial charge < -0.3 is 9.47 Å². The highest BCUT2D eigenvalue weighted by atomic mass is 16.6. The Morgan fingerprint density at radius 2 is 1.20 bits per heavy atom. The molecule has 0 amide bonds. The second kappa shape index (κ2) is 15.9. The normalized spacial score (nSPS) is 11.3. The van der Waals surface area contributed by atoms with Gasteiger partial charge in [-0.1, -0.05) is 102 Å². The summed E-state index contributed by atoms with van der Waals surface area (Å²) in [5.41, 5.74) is -0.0764. The Morgan fingerprint density at radius 1 is 0.700 bits per heavy atom. The van der Waals surface area contributed by atoms with E-state index in [0.717, 1.165) is 18.4 Å². The van der Waals surface area contributed by atoms with Crippen molar-refractivity contribution in [1.82, 2.24) is 0 Å². The van der Waals surface area contributed by atoms with Crippen LogP contribution in [-0.2, 0) is 25.5 Å². The van der Waals surface area contributed by atoms with Gasteiger partial charge in [-0.3, -0.25) is 9.59 Å². The number of ether oxygens (including phenoxy) is 2. The van der Waals surface area contributed by atoms with Gasteiger partial charge in [-0.05, 0) is 24.8 Å². The van der Waals surface area contributed by atoms with E-state index in [2.05, 4.69) is 6.92 Å². The molecule has 0 fully saturated rings. The molecule has 0 aromatic heterocycles. The van der Waals surface area contributed by atoms with E-state index in [0.29, 0.717) is 25.9 Å². The summed E-state index contributed by atoms with van der Waals surface area (Å²) in [5, 5.41) is 0. The van der Waals surface area contributed by atoms with Crippen LogP contribution in [0.4, 0.5) is 0 Å². The van der Waals surface area contributed by atoms with Crippen molar-refractivity contribution in [3.05, 3.63) is 35.9 Å². The molecule has 0 heterocycles. The van der Waals surface area contributed by atoms with Gasteiger partial charge in [-0.15, -0.1) is 0 Å². The summed E-state index contributed by atoms with van der Waals surface area (Å²) in [6.07, 6.45) is 12.3. The van der Waals surface area contributed by atoms with Crippen molar-refractivity contribution in [3.63, 3.8) is 0 Å². The lowest BCUT2D eigenvalue weighted by Crippen LogP contribution is -2.41. The van der Waals surface area contributed by atoms with Crippen molar-refractivity contribution >= 4 is 11.9 Å². The summed E-state index contributed by atoms with van der Waals surface area (Å²) < 4.78 is 11.0. The van der Waals surface area contributed by atoms with Crippen LogP contribution in [0, 0.1) is 5.41 Å². The molecule has 0 spiro atoms. The highest BCUT2D eigenvalue weighted by molar-refractivity contribution is 6.00. The van der Waals surface area contributed by atoms with E-state index in [1.165, 1.54) is 44.9 Å². The number of hydrogen-bond donors (Lipinski definition) is 0. The number of benzene rings is 1. The quantitative estimate of drug-likeness (QED) is 0.161. The Kier molecular flexibility index (Phi) is 13.9. The highest BCUT2D eigenvalue weighted by Crippen LogP contribution is 2.30. The molecule has 0 N–H and O–H groups in total. The van der Waals surface area contributed by atoms with Crippen molar-refractivity contribution in [1.29, 1.82) is 0 Å². The van der Waals surface area contributed by atoms with Crippen molar-refractivity contribution in [2.75, 3.05) is 13.2 Å². The maximum absolute atomic E-state index is 12.7. The molecule has 0 radical (unpaired) electrons. The number of hydrogen-bond acceptors (Lipinski definition) is 4. The average molecular weight is 419 g/mol. The number of carbonyl (C=O) groups is 2. The lowest BCUT2D eigenvalue weighted by atomic mass is 9.82. The summed E-state index contributed by atoms with van der Waals surface area (Å²) in [6.45, 7) is 6.59. The highest BCUT2D eigenvalue weighted by Gasteiger charge is 2.45. The van der Waals surface area contributed by atoms with Gasteiger partial charge in [-0.2, -0.15) is 0 Å². The van der Waals surface area contributed by atoms with E-state index in [1.807, 2.05) is 44.2 Å². The molecule has 0 atom stereocenters. The maximum Gasteiger partial charge on any atom is 0.323 e. The largest absolute Gasteiger partial charge is 0.465 e. The number of rotatable bonds is 17. The molecule has 4 nitrogen and oxygen atoms in total. The minimum absolute atomic E-state index is 0.274. The van der Waals surface area contributed by atoms with Crippen LogP contribution in [0.25, 0.3) is 0 Å². The molecular weight excluding hydrogens is 376 g/mol. The second-order valence-electron chi connectivity index (χ2n) is 8.13. The number of esters is 2. The van der Waals surface area contributed by atoms with Crippen LogP contribution in [0.5, 0.6) is 0 Å². The Balaban J connectivity index is 2.31. The molecule has 0 saturated heterocycles. The van der Waals surface area contributed by atoms with Crippen molar-refractivity contribution in [2.24, 2.45) is 5.41 Å². The third-order valence-corrected chi connectivity index (χ3v) is 5.94. The first-order valence-corrected chi connectivity index (χ1v) is 12.0. The standard InChI is InChI=1S/C26H42O4/c1-4-7-8-9-10-11-12-13-17-21-29-24(27)26(5-2,6-3)25(28)30-22-20-23-18-15-14-16-19-23/h14-16,18-19H,4-13,17,20-22H2,1-3H3. The van der Waals surface area contributed by atoms with Gasteiger partial charge in [0.25, 0.3) is 0 Å². The van der Waals surface area contributed by atoms with E-state index in [4.69, 9.17) is 9.47 Å². The Bertz CT molecular complexity index is 578. The zero-order valence-electron chi connectivity index (χ0n) is 19.4. The SMILES string of the molecule is CCCCCCCCCCCOC(=O)C(CC)(CC)C(=O)OCCc1ccccc1. The van der Waals surface area contributed by atoms with Gasteiger partial charge in [0, 0.05) is 6.42 Å². The van der Waals surface area contributed by atoms with Crippen LogP contribution >= 0.6 is 0 Å². The minimum atomic E-state index is -1.18. The first kappa shape index (κ1) is 26.2. The van der Waals surface area contributed by atoms with Gasteiger partial charge in [-0.25, -0.2) is 0 Å². The fourth-order valence-corrected chi connectivity index (χ4v) is 3.67. The van der Waals surface area contributed by atoms with Crippen LogP contribution in [-0.4, -0.2) is 25.2 Å². The third-order valence-electron chi connectivity index (χ3n) is 5.94. The second-order valence-corrected chi connectivity index (χ2v) is 8.13. The first-order chi connectivity index (χ1) is 14.6. The van der Waals surface area contributed by atoms with Gasteiger partial charge in [0.05, 0.1) is 13.2 Å². The molecule has 1 aromatic carbocycles. The molecule has 0 aliphatic heterocycles. The fourth-order valence-electron chi connectivity index (χ4n) is 3.67. The first-order valence-electron chi connectivity index (χ1n) is 12.0. The molecule has 0 bridgehead atoms. The number of carbonyl (C=O) groups excluding carboxylic acids is 2.